The van der Waals surface area contributed by atoms with Gasteiger partial charge in [0.15, 0.2) is 5.11 Å². The van der Waals surface area contributed by atoms with Crippen LogP contribution in [0.3, 0.4) is 0 Å². The minimum Gasteiger partial charge on any atom is -0.379 e. The standard InChI is InChI=1S/C21H26N4OS/c27-21(23-11-4-12-25-13-15-26-16-14-25)24-20-7-3-5-18(17-20)8-9-19-6-1-2-10-22-19/h1-3,5-10,17H,4,11-16H2,(H2,23,24,27). The molecule has 1 fully saturated rings. The second-order valence-electron chi connectivity index (χ2n) is 6.40. The molecule has 5 nitrogen and oxygen atoms in total. The van der Waals surface area contributed by atoms with Gasteiger partial charge >= 0.3 is 0 Å². The van der Waals surface area contributed by atoms with Crippen molar-refractivity contribution in [2.45, 2.75) is 6.42 Å². The van der Waals surface area contributed by atoms with Gasteiger partial charge in [0.2, 0.25) is 0 Å². The van der Waals surface area contributed by atoms with E-state index in [2.05, 4.69) is 32.7 Å². The molecule has 0 radical (unpaired) electrons. The van der Waals surface area contributed by atoms with Gasteiger partial charge in [0, 0.05) is 31.5 Å². The Morgan fingerprint density at radius 3 is 2.85 bits per heavy atom. The van der Waals surface area contributed by atoms with Crippen LogP contribution in [0.1, 0.15) is 17.7 Å². The molecule has 142 valence electrons. The van der Waals surface area contributed by atoms with Crippen molar-refractivity contribution in [1.82, 2.24) is 15.2 Å². The molecule has 1 aliphatic rings. The van der Waals surface area contributed by atoms with Crippen LogP contribution < -0.4 is 10.6 Å². The molecule has 1 saturated heterocycles. The number of benzene rings is 1. The van der Waals surface area contributed by atoms with E-state index in [1.54, 1.807) is 6.20 Å². The molecule has 0 atom stereocenters. The Morgan fingerprint density at radius 2 is 2.04 bits per heavy atom. The highest BCUT2D eigenvalue weighted by Crippen LogP contribution is 2.13. The van der Waals surface area contributed by atoms with Gasteiger partial charge in [-0.05, 0) is 61.1 Å². The Balaban J connectivity index is 1.41. The van der Waals surface area contributed by atoms with E-state index in [1.165, 1.54) is 0 Å². The second-order valence-corrected chi connectivity index (χ2v) is 6.81. The maximum absolute atomic E-state index is 5.41. The molecule has 2 N–H and O–H groups in total. The Kier molecular flexibility index (Phi) is 7.77. The van der Waals surface area contributed by atoms with Gasteiger partial charge in [-0.25, -0.2) is 0 Å². The number of aromatic nitrogens is 1. The number of hydrogen-bond donors (Lipinski definition) is 2. The average molecular weight is 383 g/mol. The van der Waals surface area contributed by atoms with Crippen molar-refractivity contribution < 1.29 is 4.74 Å². The third-order valence-electron chi connectivity index (χ3n) is 4.32. The quantitative estimate of drug-likeness (QED) is 0.566. The number of morpholine rings is 1. The lowest BCUT2D eigenvalue weighted by atomic mass is 10.1. The Morgan fingerprint density at radius 1 is 1.15 bits per heavy atom. The highest BCUT2D eigenvalue weighted by molar-refractivity contribution is 7.80. The van der Waals surface area contributed by atoms with E-state index in [-0.39, 0.29) is 0 Å². The maximum atomic E-state index is 5.41. The Hall–Kier alpha value is -2.28. The van der Waals surface area contributed by atoms with Crippen LogP contribution in [0.4, 0.5) is 5.69 Å². The van der Waals surface area contributed by atoms with Gasteiger partial charge in [0.1, 0.15) is 0 Å². The molecule has 0 bridgehead atoms. The van der Waals surface area contributed by atoms with Gasteiger partial charge < -0.3 is 15.4 Å². The molecule has 0 saturated carbocycles. The SMILES string of the molecule is S=C(NCCCN1CCOCC1)Nc1cccc(C=Cc2ccccn2)c1. The number of nitrogens with zero attached hydrogens (tertiary/aromatic N) is 2. The number of pyridine rings is 1. The molecule has 2 heterocycles. The van der Waals surface area contributed by atoms with Crippen LogP contribution >= 0.6 is 12.2 Å². The number of hydrogen-bond acceptors (Lipinski definition) is 4. The van der Waals surface area contributed by atoms with Crippen molar-refractivity contribution in [2.24, 2.45) is 0 Å². The van der Waals surface area contributed by atoms with E-state index in [9.17, 15) is 0 Å². The van der Waals surface area contributed by atoms with E-state index in [4.69, 9.17) is 17.0 Å². The Bertz CT molecular complexity index is 745. The van der Waals surface area contributed by atoms with Gasteiger partial charge in [-0.2, -0.15) is 0 Å². The minimum absolute atomic E-state index is 0.655. The summed E-state index contributed by atoms with van der Waals surface area (Å²) in [6, 6.07) is 14.0. The summed E-state index contributed by atoms with van der Waals surface area (Å²) in [5.41, 5.74) is 3.01. The van der Waals surface area contributed by atoms with Crippen LogP contribution in [0.5, 0.6) is 0 Å². The summed E-state index contributed by atoms with van der Waals surface area (Å²) in [5.74, 6) is 0. The first kappa shape index (κ1) is 19.5. The van der Waals surface area contributed by atoms with Crippen LogP contribution in [0, 0.1) is 0 Å². The van der Waals surface area contributed by atoms with Crippen molar-refractivity contribution in [3.63, 3.8) is 0 Å². The molecule has 0 amide bonds. The molecule has 3 rings (SSSR count). The molecule has 1 aromatic carbocycles. The van der Waals surface area contributed by atoms with Gasteiger partial charge in [0.05, 0.1) is 18.9 Å². The van der Waals surface area contributed by atoms with E-state index in [0.717, 1.165) is 62.8 Å². The predicted molar refractivity (Wildman–Crippen MR) is 116 cm³/mol. The summed E-state index contributed by atoms with van der Waals surface area (Å²) >= 11 is 5.41. The van der Waals surface area contributed by atoms with Crippen LogP contribution in [-0.4, -0.2) is 54.4 Å². The lowest BCUT2D eigenvalue weighted by Gasteiger charge is -2.26. The van der Waals surface area contributed by atoms with Gasteiger partial charge in [-0.15, -0.1) is 0 Å². The molecule has 6 heteroatoms. The first-order valence-corrected chi connectivity index (χ1v) is 9.74. The normalized spacial score (nSPS) is 15.0. The van der Waals surface area contributed by atoms with Crippen LogP contribution in [0.15, 0.2) is 48.7 Å². The number of anilines is 1. The van der Waals surface area contributed by atoms with E-state index < -0.39 is 0 Å². The van der Waals surface area contributed by atoms with Gasteiger partial charge in [0.25, 0.3) is 0 Å². The average Bonchev–Trinajstić information content (AvgIpc) is 2.72. The first-order chi connectivity index (χ1) is 13.3. The molecule has 1 aliphatic heterocycles. The number of nitrogens with one attached hydrogen (secondary N) is 2. The van der Waals surface area contributed by atoms with Crippen molar-refractivity contribution in [3.8, 4) is 0 Å². The van der Waals surface area contributed by atoms with E-state index >= 15 is 0 Å². The molecule has 0 unspecified atom stereocenters. The van der Waals surface area contributed by atoms with Gasteiger partial charge in [-0.3, -0.25) is 9.88 Å². The molecular formula is C21H26N4OS. The monoisotopic (exact) mass is 382 g/mol. The fraction of sp³-hybridized carbons (Fsp3) is 0.333. The summed E-state index contributed by atoms with van der Waals surface area (Å²) in [7, 11) is 0. The molecule has 2 aromatic rings. The van der Waals surface area contributed by atoms with Crippen LogP contribution in [0.2, 0.25) is 0 Å². The predicted octanol–water partition coefficient (Wildman–Crippen LogP) is 3.26. The lowest BCUT2D eigenvalue weighted by molar-refractivity contribution is 0.0376. The van der Waals surface area contributed by atoms with Crippen LogP contribution in [-0.2, 0) is 4.74 Å². The largest absolute Gasteiger partial charge is 0.379 e. The zero-order valence-electron chi connectivity index (χ0n) is 15.4. The smallest absolute Gasteiger partial charge is 0.170 e. The third kappa shape index (κ3) is 7.09. The molecule has 27 heavy (non-hydrogen) atoms. The van der Waals surface area contributed by atoms with E-state index in [0.29, 0.717) is 5.11 Å². The lowest BCUT2D eigenvalue weighted by Crippen LogP contribution is -2.38. The third-order valence-corrected chi connectivity index (χ3v) is 4.57. The second kappa shape index (κ2) is 10.8. The molecule has 0 aliphatic carbocycles. The fourth-order valence-electron chi connectivity index (χ4n) is 2.88. The zero-order valence-corrected chi connectivity index (χ0v) is 16.3. The van der Waals surface area contributed by atoms with Crippen molar-refractivity contribution in [2.75, 3.05) is 44.7 Å². The topological polar surface area (TPSA) is 49.4 Å². The van der Waals surface area contributed by atoms with Gasteiger partial charge in [-0.1, -0.05) is 24.3 Å². The summed E-state index contributed by atoms with van der Waals surface area (Å²) in [5, 5.41) is 7.19. The highest BCUT2D eigenvalue weighted by Gasteiger charge is 2.09. The van der Waals surface area contributed by atoms with Crippen LogP contribution in [0.25, 0.3) is 12.2 Å². The molecule has 1 aromatic heterocycles. The summed E-state index contributed by atoms with van der Waals surface area (Å²) in [4.78, 5) is 6.73. The summed E-state index contributed by atoms with van der Waals surface area (Å²) in [6.07, 6.45) is 6.91. The van der Waals surface area contributed by atoms with E-state index in [1.807, 2.05) is 42.5 Å². The fourth-order valence-corrected chi connectivity index (χ4v) is 3.10. The molecular weight excluding hydrogens is 356 g/mol. The number of ether oxygens (including phenoxy) is 1. The number of rotatable bonds is 7. The van der Waals surface area contributed by atoms with Crippen molar-refractivity contribution >= 4 is 35.2 Å². The first-order valence-electron chi connectivity index (χ1n) is 9.34. The van der Waals surface area contributed by atoms with Crippen molar-refractivity contribution in [3.05, 3.63) is 59.9 Å². The zero-order chi connectivity index (χ0) is 18.7. The summed E-state index contributed by atoms with van der Waals surface area (Å²) < 4.78 is 5.37. The van der Waals surface area contributed by atoms with Crippen molar-refractivity contribution in [1.29, 1.82) is 0 Å². The summed E-state index contributed by atoms with van der Waals surface area (Å²) in [6.45, 7) is 5.69. The minimum atomic E-state index is 0.655. The number of thiocarbonyl (C=S) groups is 1. The maximum Gasteiger partial charge on any atom is 0.170 e. The molecule has 0 spiro atoms. The highest BCUT2D eigenvalue weighted by atomic mass is 32.1. The Labute approximate surface area is 166 Å².